The standard InChI is InChI=1S/C17H16O5/c1-2-15(21-13-6-4-3-5-7-13)17(20)22-14-10-8-12(9-11-14)16(18)19/h3-11,15H,2H2,1H3,(H,18,19). The van der Waals surface area contributed by atoms with Crippen LogP contribution in [-0.4, -0.2) is 23.1 Å². The molecule has 0 amide bonds. The monoisotopic (exact) mass is 300 g/mol. The number of ether oxygens (including phenoxy) is 2. The maximum Gasteiger partial charge on any atom is 0.352 e. The second-order valence-corrected chi connectivity index (χ2v) is 4.58. The fraction of sp³-hybridized carbons (Fsp3) is 0.176. The molecule has 0 aliphatic carbocycles. The minimum Gasteiger partial charge on any atom is -0.479 e. The lowest BCUT2D eigenvalue weighted by molar-refractivity contribution is -0.142. The average molecular weight is 300 g/mol. The van der Waals surface area contributed by atoms with Crippen LogP contribution in [0.15, 0.2) is 54.6 Å². The number of carbonyl (C=O) groups is 2. The second kappa shape index (κ2) is 7.26. The summed E-state index contributed by atoms with van der Waals surface area (Å²) >= 11 is 0. The van der Waals surface area contributed by atoms with Gasteiger partial charge in [0.05, 0.1) is 5.56 Å². The van der Waals surface area contributed by atoms with Crippen molar-refractivity contribution in [3.63, 3.8) is 0 Å². The van der Waals surface area contributed by atoms with Crippen molar-refractivity contribution in [2.45, 2.75) is 19.4 Å². The molecule has 0 aliphatic heterocycles. The molecule has 22 heavy (non-hydrogen) atoms. The molecule has 5 nitrogen and oxygen atoms in total. The van der Waals surface area contributed by atoms with Crippen molar-refractivity contribution >= 4 is 11.9 Å². The number of benzene rings is 2. The number of carboxylic acids is 1. The van der Waals surface area contributed by atoms with Crippen molar-refractivity contribution in [3.05, 3.63) is 60.2 Å². The van der Waals surface area contributed by atoms with Gasteiger partial charge in [0.2, 0.25) is 0 Å². The zero-order valence-corrected chi connectivity index (χ0v) is 12.1. The van der Waals surface area contributed by atoms with E-state index in [9.17, 15) is 9.59 Å². The Bertz CT molecular complexity index is 634. The zero-order chi connectivity index (χ0) is 15.9. The Balaban J connectivity index is 2.01. The fourth-order valence-corrected chi connectivity index (χ4v) is 1.81. The highest BCUT2D eigenvalue weighted by molar-refractivity contribution is 5.87. The first-order chi connectivity index (χ1) is 10.6. The van der Waals surface area contributed by atoms with E-state index in [1.54, 1.807) is 12.1 Å². The number of carboxylic acid groups (broad SMARTS) is 1. The van der Waals surface area contributed by atoms with E-state index in [0.717, 1.165) is 0 Å². The molecular weight excluding hydrogens is 284 g/mol. The minimum absolute atomic E-state index is 0.132. The van der Waals surface area contributed by atoms with Gasteiger partial charge in [-0.25, -0.2) is 9.59 Å². The molecule has 1 N–H and O–H groups in total. The Morgan fingerprint density at radius 2 is 1.64 bits per heavy atom. The van der Waals surface area contributed by atoms with Crippen LogP contribution in [0, 0.1) is 0 Å². The maximum absolute atomic E-state index is 12.1. The Labute approximate surface area is 128 Å². The largest absolute Gasteiger partial charge is 0.479 e. The number of hydrogen-bond donors (Lipinski definition) is 1. The first kappa shape index (κ1) is 15.6. The van der Waals surface area contributed by atoms with Crippen LogP contribution in [0.4, 0.5) is 0 Å². The summed E-state index contributed by atoms with van der Waals surface area (Å²) in [5.41, 5.74) is 0.132. The SMILES string of the molecule is CCC(Oc1ccccc1)C(=O)Oc1ccc(C(=O)O)cc1. The van der Waals surface area contributed by atoms with E-state index in [4.69, 9.17) is 14.6 Å². The predicted octanol–water partition coefficient (Wildman–Crippen LogP) is 3.15. The highest BCUT2D eigenvalue weighted by Crippen LogP contribution is 2.16. The van der Waals surface area contributed by atoms with Crippen LogP contribution < -0.4 is 9.47 Å². The first-order valence-corrected chi connectivity index (χ1v) is 6.87. The Morgan fingerprint density at radius 1 is 1.00 bits per heavy atom. The summed E-state index contributed by atoms with van der Waals surface area (Å²) in [5.74, 6) is -0.677. The maximum atomic E-state index is 12.1. The van der Waals surface area contributed by atoms with Gasteiger partial charge in [-0.15, -0.1) is 0 Å². The lowest BCUT2D eigenvalue weighted by atomic mass is 10.2. The third-order valence-corrected chi connectivity index (χ3v) is 2.97. The van der Waals surface area contributed by atoms with Gasteiger partial charge >= 0.3 is 11.9 Å². The van der Waals surface area contributed by atoms with E-state index in [1.165, 1.54) is 24.3 Å². The predicted molar refractivity (Wildman–Crippen MR) is 80.2 cm³/mol. The third kappa shape index (κ3) is 4.09. The normalized spacial score (nSPS) is 11.5. The van der Waals surface area contributed by atoms with E-state index in [2.05, 4.69) is 0 Å². The summed E-state index contributed by atoms with van der Waals surface area (Å²) in [6, 6.07) is 14.7. The quantitative estimate of drug-likeness (QED) is 0.655. The molecule has 2 aromatic carbocycles. The topological polar surface area (TPSA) is 72.8 Å². The highest BCUT2D eigenvalue weighted by Gasteiger charge is 2.21. The van der Waals surface area contributed by atoms with Crippen molar-refractivity contribution in [2.75, 3.05) is 0 Å². The van der Waals surface area contributed by atoms with E-state index >= 15 is 0 Å². The van der Waals surface area contributed by atoms with Crippen molar-refractivity contribution < 1.29 is 24.2 Å². The molecule has 0 saturated heterocycles. The second-order valence-electron chi connectivity index (χ2n) is 4.58. The Kier molecular flexibility index (Phi) is 5.14. The van der Waals surface area contributed by atoms with Crippen LogP contribution in [0.2, 0.25) is 0 Å². The lowest BCUT2D eigenvalue weighted by Crippen LogP contribution is -2.30. The van der Waals surface area contributed by atoms with E-state index in [0.29, 0.717) is 12.2 Å². The van der Waals surface area contributed by atoms with Crippen molar-refractivity contribution in [3.8, 4) is 11.5 Å². The molecule has 2 aromatic rings. The summed E-state index contributed by atoms with van der Waals surface area (Å²) < 4.78 is 10.8. The van der Waals surface area contributed by atoms with E-state index in [1.807, 2.05) is 25.1 Å². The molecule has 0 saturated carbocycles. The van der Waals surface area contributed by atoms with Crippen molar-refractivity contribution in [1.82, 2.24) is 0 Å². The molecule has 0 aromatic heterocycles. The molecule has 0 radical (unpaired) electrons. The number of carbonyl (C=O) groups excluding carboxylic acids is 1. The smallest absolute Gasteiger partial charge is 0.352 e. The minimum atomic E-state index is -1.03. The molecule has 1 atom stereocenters. The first-order valence-electron chi connectivity index (χ1n) is 6.87. The van der Waals surface area contributed by atoms with Gasteiger partial charge in [-0.1, -0.05) is 25.1 Å². The fourth-order valence-electron chi connectivity index (χ4n) is 1.81. The third-order valence-electron chi connectivity index (χ3n) is 2.97. The number of hydrogen-bond acceptors (Lipinski definition) is 4. The number of esters is 1. The van der Waals surface area contributed by atoms with Crippen molar-refractivity contribution in [2.24, 2.45) is 0 Å². The Hall–Kier alpha value is -2.82. The van der Waals surface area contributed by atoms with Gasteiger partial charge in [0, 0.05) is 0 Å². The van der Waals surface area contributed by atoms with Crippen LogP contribution in [0.25, 0.3) is 0 Å². The molecule has 0 bridgehead atoms. The molecule has 1 unspecified atom stereocenters. The summed E-state index contributed by atoms with van der Waals surface area (Å²) in [5, 5.41) is 8.82. The van der Waals surface area contributed by atoms with Crippen LogP contribution in [-0.2, 0) is 4.79 Å². The highest BCUT2D eigenvalue weighted by atomic mass is 16.6. The number of para-hydroxylation sites is 1. The summed E-state index contributed by atoms with van der Waals surface area (Å²) in [6.07, 6.45) is -0.262. The zero-order valence-electron chi connectivity index (χ0n) is 12.1. The number of aromatic carboxylic acids is 1. The average Bonchev–Trinajstić information content (AvgIpc) is 2.54. The van der Waals surface area contributed by atoms with Gasteiger partial charge in [-0.05, 0) is 42.8 Å². The van der Waals surface area contributed by atoms with E-state index in [-0.39, 0.29) is 11.3 Å². The molecule has 114 valence electrons. The molecular formula is C17H16O5. The molecule has 0 fully saturated rings. The van der Waals surface area contributed by atoms with E-state index < -0.39 is 18.0 Å². The van der Waals surface area contributed by atoms with Gasteiger partial charge < -0.3 is 14.6 Å². The summed E-state index contributed by atoms with van der Waals surface area (Å²) in [6.45, 7) is 1.82. The van der Waals surface area contributed by atoms with Gasteiger partial charge in [0.25, 0.3) is 0 Å². The summed E-state index contributed by atoms with van der Waals surface area (Å²) in [7, 11) is 0. The number of rotatable bonds is 6. The van der Waals surface area contributed by atoms with Gasteiger partial charge in [0.15, 0.2) is 6.10 Å². The summed E-state index contributed by atoms with van der Waals surface area (Å²) in [4.78, 5) is 22.9. The van der Waals surface area contributed by atoms with Crippen molar-refractivity contribution in [1.29, 1.82) is 0 Å². The van der Waals surface area contributed by atoms with Crippen LogP contribution in [0.5, 0.6) is 11.5 Å². The van der Waals surface area contributed by atoms with Gasteiger partial charge in [-0.2, -0.15) is 0 Å². The molecule has 2 rings (SSSR count). The molecule has 0 aliphatic rings. The molecule has 5 heteroatoms. The van der Waals surface area contributed by atoms with Gasteiger partial charge in [0.1, 0.15) is 11.5 Å². The van der Waals surface area contributed by atoms with Gasteiger partial charge in [-0.3, -0.25) is 0 Å². The lowest BCUT2D eigenvalue weighted by Gasteiger charge is -2.16. The van der Waals surface area contributed by atoms with Crippen LogP contribution in [0.3, 0.4) is 0 Å². The Morgan fingerprint density at radius 3 is 2.18 bits per heavy atom. The molecule has 0 heterocycles. The van der Waals surface area contributed by atoms with Crippen LogP contribution >= 0.6 is 0 Å². The van der Waals surface area contributed by atoms with Crippen LogP contribution in [0.1, 0.15) is 23.7 Å². The molecule has 0 spiro atoms.